The van der Waals surface area contributed by atoms with Crippen LogP contribution in [0.15, 0.2) is 28.7 Å². The molecule has 2 aliphatic rings. The lowest BCUT2D eigenvalue weighted by Gasteiger charge is -2.53. The molecule has 3 atom stereocenters. The standard InChI is InChI=1S/C19H18FN3O5S2/c1-19(18(26)27)7-23-16(25)13(17(23)30-8-19)21-15(24)12(22-28-2)10-6-29-14-9(10)4-3-5-11(14)20/h3-6,13,17H,7-8H2,1-2H3,(H,21,24)(H,26,27)/t13?,17-,19?/m1/s1. The molecule has 0 spiro atoms. The van der Waals surface area contributed by atoms with E-state index in [0.717, 1.165) is 11.3 Å². The molecule has 3 heterocycles. The number of carboxylic acid groups (broad SMARTS) is 1. The lowest BCUT2D eigenvalue weighted by atomic mass is 9.89. The molecule has 2 aliphatic heterocycles. The third-order valence-corrected chi connectivity index (χ3v) is 7.92. The van der Waals surface area contributed by atoms with E-state index in [4.69, 9.17) is 4.84 Å². The van der Waals surface area contributed by atoms with E-state index in [9.17, 15) is 23.9 Å². The van der Waals surface area contributed by atoms with Crippen molar-refractivity contribution in [2.75, 3.05) is 19.4 Å². The van der Waals surface area contributed by atoms with Crippen molar-refractivity contribution in [3.63, 3.8) is 0 Å². The molecule has 2 fully saturated rings. The Morgan fingerprint density at radius 3 is 2.90 bits per heavy atom. The van der Waals surface area contributed by atoms with Gasteiger partial charge in [0.2, 0.25) is 5.91 Å². The summed E-state index contributed by atoms with van der Waals surface area (Å²) in [4.78, 5) is 43.2. The maximum atomic E-state index is 14.0. The Bertz CT molecular complexity index is 1090. The second kappa shape index (κ2) is 7.55. The lowest BCUT2D eigenvalue weighted by molar-refractivity contribution is -0.157. The zero-order valence-electron chi connectivity index (χ0n) is 16.0. The first-order chi connectivity index (χ1) is 14.3. The molecule has 0 radical (unpaired) electrons. The minimum absolute atomic E-state index is 0.0585. The number of amides is 2. The van der Waals surface area contributed by atoms with Gasteiger partial charge in [-0.2, -0.15) is 0 Å². The highest BCUT2D eigenvalue weighted by molar-refractivity contribution is 8.00. The zero-order chi connectivity index (χ0) is 21.6. The summed E-state index contributed by atoms with van der Waals surface area (Å²) >= 11 is 2.47. The third-order valence-electron chi connectivity index (χ3n) is 5.24. The molecule has 2 unspecified atom stereocenters. The second-order valence-corrected chi connectivity index (χ2v) is 9.36. The monoisotopic (exact) mass is 451 g/mol. The molecular weight excluding hydrogens is 433 g/mol. The van der Waals surface area contributed by atoms with Crippen molar-refractivity contribution in [1.29, 1.82) is 0 Å². The van der Waals surface area contributed by atoms with Crippen LogP contribution in [-0.2, 0) is 19.2 Å². The summed E-state index contributed by atoms with van der Waals surface area (Å²) < 4.78 is 14.4. The van der Waals surface area contributed by atoms with Crippen LogP contribution in [-0.4, -0.2) is 64.3 Å². The topological polar surface area (TPSA) is 108 Å². The third kappa shape index (κ3) is 3.21. The lowest BCUT2D eigenvalue weighted by Crippen LogP contribution is -2.73. The predicted molar refractivity (Wildman–Crippen MR) is 111 cm³/mol. The van der Waals surface area contributed by atoms with Gasteiger partial charge in [-0.05, 0) is 13.0 Å². The first-order valence-corrected chi connectivity index (χ1v) is 10.9. The molecule has 11 heteroatoms. The van der Waals surface area contributed by atoms with Gasteiger partial charge in [0.25, 0.3) is 5.91 Å². The highest BCUT2D eigenvalue weighted by atomic mass is 32.2. The first-order valence-electron chi connectivity index (χ1n) is 9.00. The predicted octanol–water partition coefficient (Wildman–Crippen LogP) is 1.88. The van der Waals surface area contributed by atoms with Crippen LogP contribution >= 0.6 is 23.1 Å². The summed E-state index contributed by atoms with van der Waals surface area (Å²) in [6.07, 6.45) is 0. The number of carbonyl (C=O) groups excluding carboxylic acids is 2. The Balaban J connectivity index is 1.54. The van der Waals surface area contributed by atoms with Crippen LogP contribution < -0.4 is 5.32 Å². The number of hydrogen-bond donors (Lipinski definition) is 2. The second-order valence-electron chi connectivity index (χ2n) is 7.37. The molecule has 2 N–H and O–H groups in total. The number of benzene rings is 1. The van der Waals surface area contributed by atoms with Crippen LogP contribution in [0.5, 0.6) is 0 Å². The normalized spacial score (nSPS) is 26.2. The minimum Gasteiger partial charge on any atom is -0.481 e. The van der Waals surface area contributed by atoms with Gasteiger partial charge in [-0.3, -0.25) is 14.4 Å². The molecule has 8 nitrogen and oxygen atoms in total. The Morgan fingerprint density at radius 1 is 1.43 bits per heavy atom. The van der Waals surface area contributed by atoms with Gasteiger partial charge < -0.3 is 20.2 Å². The molecule has 1 aromatic carbocycles. The van der Waals surface area contributed by atoms with Crippen molar-refractivity contribution >= 4 is 56.7 Å². The molecule has 4 rings (SSSR count). The highest BCUT2D eigenvalue weighted by Crippen LogP contribution is 2.42. The van der Waals surface area contributed by atoms with Gasteiger partial charge in [-0.25, -0.2) is 4.39 Å². The van der Waals surface area contributed by atoms with Crippen LogP contribution in [0.3, 0.4) is 0 Å². The van der Waals surface area contributed by atoms with E-state index >= 15 is 0 Å². The number of aliphatic carboxylic acids is 1. The van der Waals surface area contributed by atoms with Crippen molar-refractivity contribution < 1.29 is 28.7 Å². The molecule has 0 bridgehead atoms. The summed E-state index contributed by atoms with van der Waals surface area (Å²) in [6, 6.07) is 3.77. The molecule has 0 aliphatic carbocycles. The van der Waals surface area contributed by atoms with E-state index in [1.807, 2.05) is 0 Å². The van der Waals surface area contributed by atoms with Crippen molar-refractivity contribution in [3.05, 3.63) is 35.0 Å². The number of β-lactam (4-membered cyclic amide) rings is 1. The van der Waals surface area contributed by atoms with Gasteiger partial charge in [0.1, 0.15) is 24.3 Å². The fraction of sp³-hybridized carbons (Fsp3) is 0.368. The fourth-order valence-electron chi connectivity index (χ4n) is 3.55. The maximum absolute atomic E-state index is 14.0. The first kappa shape index (κ1) is 20.6. The summed E-state index contributed by atoms with van der Waals surface area (Å²) in [5.74, 6) is -1.99. The van der Waals surface area contributed by atoms with Crippen LogP contribution in [0.1, 0.15) is 12.5 Å². The van der Waals surface area contributed by atoms with Gasteiger partial charge in [0.05, 0.1) is 10.1 Å². The summed E-state index contributed by atoms with van der Waals surface area (Å²) in [6.45, 7) is 1.70. The summed E-state index contributed by atoms with van der Waals surface area (Å²) in [7, 11) is 1.29. The quantitative estimate of drug-likeness (QED) is 0.408. The summed E-state index contributed by atoms with van der Waals surface area (Å²) in [5, 5.41) is 17.7. The smallest absolute Gasteiger partial charge is 0.312 e. The average molecular weight is 452 g/mol. The van der Waals surface area contributed by atoms with Crippen molar-refractivity contribution in [2.24, 2.45) is 10.6 Å². The number of thiophene rings is 1. The molecular formula is C19H18FN3O5S2. The van der Waals surface area contributed by atoms with Crippen LogP contribution in [0.25, 0.3) is 10.1 Å². The molecule has 30 heavy (non-hydrogen) atoms. The molecule has 2 saturated heterocycles. The average Bonchev–Trinajstić information content (AvgIpc) is 3.15. The van der Waals surface area contributed by atoms with Gasteiger partial charge in [0.15, 0.2) is 5.71 Å². The van der Waals surface area contributed by atoms with Gasteiger partial charge >= 0.3 is 5.97 Å². The number of hydrogen-bond acceptors (Lipinski definition) is 7. The largest absolute Gasteiger partial charge is 0.481 e. The van der Waals surface area contributed by atoms with E-state index in [-0.39, 0.29) is 23.5 Å². The Labute approximate surface area is 179 Å². The van der Waals surface area contributed by atoms with Crippen LogP contribution in [0, 0.1) is 11.2 Å². The van der Waals surface area contributed by atoms with Crippen molar-refractivity contribution in [1.82, 2.24) is 10.2 Å². The maximum Gasteiger partial charge on any atom is 0.312 e. The molecule has 0 saturated carbocycles. The molecule has 2 amide bonds. The fourth-order valence-corrected chi connectivity index (χ4v) is 6.00. The SMILES string of the molecule is CON=C(C(=O)NC1C(=O)N2CC(C)(C(=O)O)CS[C@H]12)c1csc2c(F)cccc12. The van der Waals surface area contributed by atoms with E-state index in [0.29, 0.717) is 21.4 Å². The number of carbonyl (C=O) groups is 3. The van der Waals surface area contributed by atoms with Gasteiger partial charge in [0, 0.05) is 28.6 Å². The number of nitrogens with zero attached hydrogens (tertiary/aromatic N) is 2. The van der Waals surface area contributed by atoms with E-state index in [2.05, 4.69) is 10.5 Å². The Hall–Kier alpha value is -2.66. The Morgan fingerprint density at radius 2 is 2.20 bits per heavy atom. The molecule has 158 valence electrons. The highest BCUT2D eigenvalue weighted by Gasteiger charge is 2.56. The minimum atomic E-state index is -1.02. The number of thioether (sulfide) groups is 1. The molecule has 1 aromatic heterocycles. The van der Waals surface area contributed by atoms with Crippen molar-refractivity contribution in [2.45, 2.75) is 18.3 Å². The summed E-state index contributed by atoms with van der Waals surface area (Å²) in [5.41, 5.74) is -0.669. The van der Waals surface area contributed by atoms with E-state index in [1.165, 1.54) is 29.8 Å². The Kier molecular flexibility index (Phi) is 5.18. The van der Waals surface area contributed by atoms with Crippen molar-refractivity contribution in [3.8, 4) is 0 Å². The number of carboxylic acids is 1. The van der Waals surface area contributed by atoms with E-state index < -0.39 is 29.2 Å². The number of oxime groups is 1. The number of nitrogens with one attached hydrogen (secondary N) is 1. The van der Waals surface area contributed by atoms with Crippen LogP contribution in [0.2, 0.25) is 0 Å². The van der Waals surface area contributed by atoms with Gasteiger partial charge in [-0.15, -0.1) is 23.1 Å². The van der Waals surface area contributed by atoms with E-state index in [1.54, 1.807) is 24.4 Å². The number of rotatable bonds is 5. The van der Waals surface area contributed by atoms with Crippen LogP contribution in [0.4, 0.5) is 4.39 Å². The zero-order valence-corrected chi connectivity index (χ0v) is 17.7. The number of fused-ring (bicyclic) bond motifs is 2. The number of halogens is 1. The molecule has 2 aromatic rings. The van der Waals surface area contributed by atoms with Gasteiger partial charge in [-0.1, -0.05) is 17.3 Å².